The number of benzene rings is 1. The molecule has 0 spiro atoms. The maximum atomic E-state index is 6.33. The molecule has 0 saturated heterocycles. The first kappa shape index (κ1) is 15.0. The first-order chi connectivity index (χ1) is 10.2. The summed E-state index contributed by atoms with van der Waals surface area (Å²) in [4.78, 5) is 0. The predicted octanol–water partition coefficient (Wildman–Crippen LogP) is 4.17. The minimum atomic E-state index is 0.558. The standard InChI is InChI=1S/C17H24ClNO2/c1-12(14-5-2-3-6-14)19-11-13-9-15(18)17-16(10-13)20-7-4-8-21-17/h9-10,12,14,19H,2-8,11H2,1H3/t12-/m1/s1. The van der Waals surface area contributed by atoms with E-state index in [1.165, 1.54) is 25.7 Å². The molecule has 1 atom stereocenters. The van der Waals surface area contributed by atoms with Crippen molar-refractivity contribution in [1.82, 2.24) is 5.32 Å². The first-order valence-electron chi connectivity index (χ1n) is 8.05. The second-order valence-corrected chi connectivity index (χ2v) is 6.58. The molecule has 3 nitrogen and oxygen atoms in total. The van der Waals surface area contributed by atoms with Crippen LogP contribution in [0.25, 0.3) is 0 Å². The van der Waals surface area contributed by atoms with Crippen LogP contribution >= 0.6 is 11.6 Å². The van der Waals surface area contributed by atoms with Crippen molar-refractivity contribution in [2.24, 2.45) is 5.92 Å². The maximum Gasteiger partial charge on any atom is 0.179 e. The molecule has 0 bridgehead atoms. The monoisotopic (exact) mass is 309 g/mol. The van der Waals surface area contributed by atoms with Crippen LogP contribution in [0.2, 0.25) is 5.02 Å². The van der Waals surface area contributed by atoms with E-state index >= 15 is 0 Å². The number of ether oxygens (including phenoxy) is 2. The molecule has 1 fully saturated rings. The summed E-state index contributed by atoms with van der Waals surface area (Å²) in [6.45, 7) is 4.48. The van der Waals surface area contributed by atoms with Crippen molar-refractivity contribution >= 4 is 11.6 Å². The summed E-state index contributed by atoms with van der Waals surface area (Å²) < 4.78 is 11.4. The van der Waals surface area contributed by atoms with Crippen LogP contribution in [0.4, 0.5) is 0 Å². The lowest BCUT2D eigenvalue weighted by atomic mass is 9.99. The van der Waals surface area contributed by atoms with E-state index in [1.807, 2.05) is 6.07 Å². The predicted molar refractivity (Wildman–Crippen MR) is 85.3 cm³/mol. The average molecular weight is 310 g/mol. The quantitative estimate of drug-likeness (QED) is 0.905. The molecule has 0 radical (unpaired) electrons. The smallest absolute Gasteiger partial charge is 0.179 e. The van der Waals surface area contributed by atoms with E-state index in [-0.39, 0.29) is 0 Å². The summed E-state index contributed by atoms with van der Waals surface area (Å²) >= 11 is 6.33. The number of halogens is 1. The molecule has 0 unspecified atom stereocenters. The minimum absolute atomic E-state index is 0.558. The average Bonchev–Trinajstić information content (AvgIpc) is 2.91. The number of hydrogen-bond donors (Lipinski definition) is 1. The third-order valence-electron chi connectivity index (χ3n) is 4.60. The van der Waals surface area contributed by atoms with Crippen molar-refractivity contribution in [2.45, 2.75) is 51.6 Å². The largest absolute Gasteiger partial charge is 0.489 e. The molecule has 1 aliphatic carbocycles. The number of fused-ring (bicyclic) bond motifs is 1. The third kappa shape index (κ3) is 3.64. The Hall–Kier alpha value is -0.930. The summed E-state index contributed by atoms with van der Waals surface area (Å²) in [6.07, 6.45) is 6.38. The summed E-state index contributed by atoms with van der Waals surface area (Å²) in [5.74, 6) is 2.30. The van der Waals surface area contributed by atoms with Crippen molar-refractivity contribution in [1.29, 1.82) is 0 Å². The van der Waals surface area contributed by atoms with Gasteiger partial charge in [-0.15, -0.1) is 0 Å². The Morgan fingerprint density at radius 1 is 1.19 bits per heavy atom. The highest BCUT2D eigenvalue weighted by Crippen LogP contribution is 2.38. The highest BCUT2D eigenvalue weighted by molar-refractivity contribution is 6.32. The van der Waals surface area contributed by atoms with E-state index in [1.54, 1.807) is 0 Å². The molecule has 1 heterocycles. The van der Waals surface area contributed by atoms with Crippen LogP contribution in [-0.2, 0) is 6.54 Å². The zero-order valence-corrected chi connectivity index (χ0v) is 13.4. The van der Waals surface area contributed by atoms with E-state index < -0.39 is 0 Å². The summed E-state index contributed by atoms with van der Waals surface area (Å²) in [5, 5.41) is 4.29. The molecule has 1 saturated carbocycles. The number of rotatable bonds is 4. The highest BCUT2D eigenvalue weighted by atomic mass is 35.5. The molecule has 4 heteroatoms. The summed E-state index contributed by atoms with van der Waals surface area (Å²) in [7, 11) is 0. The van der Waals surface area contributed by atoms with Gasteiger partial charge in [-0.2, -0.15) is 0 Å². The molecule has 3 rings (SSSR count). The SMILES string of the molecule is C[C@@H](NCc1cc(Cl)c2c(c1)OCCCO2)C1CCCC1. The highest BCUT2D eigenvalue weighted by Gasteiger charge is 2.21. The van der Waals surface area contributed by atoms with Crippen LogP contribution in [0.15, 0.2) is 12.1 Å². The van der Waals surface area contributed by atoms with Crippen LogP contribution < -0.4 is 14.8 Å². The lowest BCUT2D eigenvalue weighted by molar-refractivity contribution is 0.297. The molecule has 1 aromatic carbocycles. The van der Waals surface area contributed by atoms with E-state index in [0.29, 0.717) is 30.0 Å². The molecule has 1 aromatic rings. The fourth-order valence-corrected chi connectivity index (χ4v) is 3.58. The third-order valence-corrected chi connectivity index (χ3v) is 4.88. The molecule has 0 amide bonds. The minimum Gasteiger partial charge on any atom is -0.489 e. The van der Waals surface area contributed by atoms with Crippen molar-refractivity contribution in [3.8, 4) is 11.5 Å². The van der Waals surface area contributed by atoms with Crippen LogP contribution in [0.5, 0.6) is 11.5 Å². The van der Waals surface area contributed by atoms with Gasteiger partial charge in [0.15, 0.2) is 11.5 Å². The zero-order chi connectivity index (χ0) is 14.7. The first-order valence-corrected chi connectivity index (χ1v) is 8.43. The molecule has 21 heavy (non-hydrogen) atoms. The fourth-order valence-electron chi connectivity index (χ4n) is 3.29. The van der Waals surface area contributed by atoms with Gasteiger partial charge >= 0.3 is 0 Å². The van der Waals surface area contributed by atoms with Gasteiger partial charge < -0.3 is 14.8 Å². The summed E-state index contributed by atoms with van der Waals surface area (Å²) in [5.41, 5.74) is 1.16. The van der Waals surface area contributed by atoms with Crippen molar-refractivity contribution in [3.05, 3.63) is 22.7 Å². The Morgan fingerprint density at radius 3 is 2.76 bits per heavy atom. The molecule has 1 N–H and O–H groups in total. The van der Waals surface area contributed by atoms with Crippen LogP contribution in [0.3, 0.4) is 0 Å². The van der Waals surface area contributed by atoms with Gasteiger partial charge in [0.2, 0.25) is 0 Å². The van der Waals surface area contributed by atoms with Crippen LogP contribution in [-0.4, -0.2) is 19.3 Å². The summed E-state index contributed by atoms with van der Waals surface area (Å²) in [6, 6.07) is 4.60. The van der Waals surface area contributed by atoms with Gasteiger partial charge in [-0.3, -0.25) is 0 Å². The zero-order valence-electron chi connectivity index (χ0n) is 12.7. The van der Waals surface area contributed by atoms with Gasteiger partial charge in [0.05, 0.1) is 18.2 Å². The van der Waals surface area contributed by atoms with Gasteiger partial charge in [-0.05, 0) is 43.4 Å². The van der Waals surface area contributed by atoms with E-state index in [9.17, 15) is 0 Å². The number of nitrogens with one attached hydrogen (secondary N) is 1. The van der Waals surface area contributed by atoms with Gasteiger partial charge in [0.25, 0.3) is 0 Å². The van der Waals surface area contributed by atoms with Crippen molar-refractivity contribution in [3.63, 3.8) is 0 Å². The Kier molecular flexibility index (Phi) is 4.91. The molecule has 1 aliphatic heterocycles. The second-order valence-electron chi connectivity index (χ2n) is 6.17. The van der Waals surface area contributed by atoms with E-state index in [0.717, 1.165) is 30.2 Å². The lowest BCUT2D eigenvalue weighted by Gasteiger charge is -2.21. The molecule has 0 aromatic heterocycles. The molecule has 2 aliphatic rings. The van der Waals surface area contributed by atoms with Crippen LogP contribution in [0.1, 0.15) is 44.6 Å². The molecule has 116 valence electrons. The van der Waals surface area contributed by atoms with Gasteiger partial charge in [-0.1, -0.05) is 24.4 Å². The topological polar surface area (TPSA) is 30.5 Å². The van der Waals surface area contributed by atoms with E-state index in [4.69, 9.17) is 21.1 Å². The molecular weight excluding hydrogens is 286 g/mol. The Balaban J connectivity index is 1.65. The van der Waals surface area contributed by atoms with Gasteiger partial charge in [0, 0.05) is 19.0 Å². The van der Waals surface area contributed by atoms with E-state index in [2.05, 4.69) is 18.3 Å². The maximum absolute atomic E-state index is 6.33. The second kappa shape index (κ2) is 6.89. The Labute approximate surface area is 132 Å². The fraction of sp³-hybridized carbons (Fsp3) is 0.647. The molecular formula is C17H24ClNO2. The Morgan fingerprint density at radius 2 is 1.95 bits per heavy atom. The van der Waals surface area contributed by atoms with Crippen LogP contribution in [0, 0.1) is 5.92 Å². The lowest BCUT2D eigenvalue weighted by Crippen LogP contribution is -2.31. The van der Waals surface area contributed by atoms with Crippen molar-refractivity contribution in [2.75, 3.05) is 13.2 Å². The van der Waals surface area contributed by atoms with Gasteiger partial charge in [0.1, 0.15) is 0 Å². The van der Waals surface area contributed by atoms with Crippen molar-refractivity contribution < 1.29 is 9.47 Å². The van der Waals surface area contributed by atoms with Gasteiger partial charge in [-0.25, -0.2) is 0 Å². The normalized spacial score (nSPS) is 20.3. The number of hydrogen-bond acceptors (Lipinski definition) is 3. The Bertz CT molecular complexity index is 486.